The van der Waals surface area contributed by atoms with E-state index >= 15 is 0 Å². The van der Waals surface area contributed by atoms with E-state index < -0.39 is 5.97 Å². The van der Waals surface area contributed by atoms with Gasteiger partial charge >= 0.3 is 5.97 Å². The van der Waals surface area contributed by atoms with Crippen molar-refractivity contribution in [1.29, 1.82) is 0 Å². The topological polar surface area (TPSA) is 37.3 Å². The van der Waals surface area contributed by atoms with Crippen LogP contribution in [-0.2, 0) is 4.79 Å². The first kappa shape index (κ1) is 12.9. The fourth-order valence-electron chi connectivity index (χ4n) is 1.26. The smallest absolute Gasteiger partial charge is 0.331 e. The molecule has 0 aromatic heterocycles. The van der Waals surface area contributed by atoms with Crippen LogP contribution in [0.5, 0.6) is 0 Å². The van der Waals surface area contributed by atoms with Crippen molar-refractivity contribution in [2.75, 3.05) is 0 Å². The molecule has 0 aliphatic heterocycles. The van der Waals surface area contributed by atoms with Gasteiger partial charge in [-0.25, -0.2) is 4.79 Å². The first-order valence-electron chi connectivity index (χ1n) is 5.25. The van der Waals surface area contributed by atoms with Crippen molar-refractivity contribution in [3.05, 3.63) is 24.3 Å². The van der Waals surface area contributed by atoms with E-state index in [1.54, 1.807) is 6.08 Å². The molecule has 0 spiro atoms. The normalized spacial score (nSPS) is 11.4. The summed E-state index contributed by atoms with van der Waals surface area (Å²) in [6.07, 6.45) is 9.50. The SMILES string of the molecule is C=CCC(=CCCCCCC)C(=O)O. The average molecular weight is 196 g/mol. The van der Waals surface area contributed by atoms with Gasteiger partial charge in [-0.3, -0.25) is 0 Å². The number of hydrogen-bond donors (Lipinski definition) is 1. The van der Waals surface area contributed by atoms with Gasteiger partial charge in [0.05, 0.1) is 0 Å². The molecule has 2 heteroatoms. The monoisotopic (exact) mass is 196 g/mol. The fourth-order valence-corrected chi connectivity index (χ4v) is 1.26. The Labute approximate surface area is 86.3 Å². The van der Waals surface area contributed by atoms with Crippen LogP contribution in [0.2, 0.25) is 0 Å². The van der Waals surface area contributed by atoms with Crippen LogP contribution in [0.1, 0.15) is 45.4 Å². The van der Waals surface area contributed by atoms with Crippen LogP contribution < -0.4 is 0 Å². The summed E-state index contributed by atoms with van der Waals surface area (Å²) in [6, 6.07) is 0. The highest BCUT2D eigenvalue weighted by Gasteiger charge is 2.03. The van der Waals surface area contributed by atoms with Crippen LogP contribution >= 0.6 is 0 Å². The van der Waals surface area contributed by atoms with Crippen molar-refractivity contribution in [3.63, 3.8) is 0 Å². The van der Waals surface area contributed by atoms with E-state index in [9.17, 15) is 4.79 Å². The molecule has 0 saturated carbocycles. The molecule has 0 unspecified atom stereocenters. The lowest BCUT2D eigenvalue weighted by Gasteiger charge is -1.98. The van der Waals surface area contributed by atoms with Crippen LogP contribution in [0.4, 0.5) is 0 Å². The van der Waals surface area contributed by atoms with E-state index in [4.69, 9.17) is 5.11 Å². The third-order valence-electron chi connectivity index (χ3n) is 2.09. The van der Waals surface area contributed by atoms with Crippen LogP contribution in [0.3, 0.4) is 0 Å². The first-order valence-corrected chi connectivity index (χ1v) is 5.25. The van der Waals surface area contributed by atoms with Gasteiger partial charge in [0, 0.05) is 5.57 Å². The maximum absolute atomic E-state index is 10.7. The standard InChI is InChI=1S/C12H20O2/c1-3-5-6-7-8-10-11(9-4-2)12(13)14/h4,10H,2-3,5-9H2,1H3,(H,13,14). The van der Waals surface area contributed by atoms with Crippen LogP contribution in [0.25, 0.3) is 0 Å². The van der Waals surface area contributed by atoms with Gasteiger partial charge in [-0.15, -0.1) is 6.58 Å². The van der Waals surface area contributed by atoms with Gasteiger partial charge in [0.15, 0.2) is 0 Å². The van der Waals surface area contributed by atoms with Gasteiger partial charge in [0.25, 0.3) is 0 Å². The van der Waals surface area contributed by atoms with Gasteiger partial charge in [-0.2, -0.15) is 0 Å². The molecule has 0 aliphatic rings. The molecule has 80 valence electrons. The third kappa shape index (κ3) is 6.46. The predicted molar refractivity (Wildman–Crippen MR) is 59.3 cm³/mol. The molecule has 0 saturated heterocycles. The Morgan fingerprint density at radius 1 is 1.36 bits per heavy atom. The predicted octanol–water partition coefficient (Wildman–Crippen LogP) is 3.54. The number of unbranched alkanes of at least 4 members (excludes halogenated alkanes) is 4. The fraction of sp³-hybridized carbons (Fsp3) is 0.583. The molecule has 0 radical (unpaired) electrons. The van der Waals surface area contributed by atoms with Crippen molar-refractivity contribution >= 4 is 5.97 Å². The first-order chi connectivity index (χ1) is 6.72. The van der Waals surface area contributed by atoms with Crippen molar-refractivity contribution < 1.29 is 9.90 Å². The van der Waals surface area contributed by atoms with Crippen molar-refractivity contribution in [3.8, 4) is 0 Å². The van der Waals surface area contributed by atoms with E-state index in [-0.39, 0.29) is 0 Å². The minimum Gasteiger partial charge on any atom is -0.478 e. The highest BCUT2D eigenvalue weighted by atomic mass is 16.4. The Bertz CT molecular complexity index is 204. The molecule has 0 bridgehead atoms. The quantitative estimate of drug-likeness (QED) is 0.366. The molecule has 0 aromatic carbocycles. The minimum absolute atomic E-state index is 0.461. The number of aliphatic carboxylic acids is 1. The van der Waals surface area contributed by atoms with Gasteiger partial charge < -0.3 is 5.11 Å². The van der Waals surface area contributed by atoms with Crippen LogP contribution in [0, 0.1) is 0 Å². The number of allylic oxidation sites excluding steroid dienone is 2. The third-order valence-corrected chi connectivity index (χ3v) is 2.09. The summed E-state index contributed by atoms with van der Waals surface area (Å²) < 4.78 is 0. The molecule has 0 fully saturated rings. The molecule has 2 nitrogen and oxygen atoms in total. The summed E-state index contributed by atoms with van der Waals surface area (Å²) in [4.78, 5) is 10.7. The molecular weight excluding hydrogens is 176 g/mol. The van der Waals surface area contributed by atoms with E-state index in [1.807, 2.05) is 6.08 Å². The summed E-state index contributed by atoms with van der Waals surface area (Å²) >= 11 is 0. The second-order valence-corrected chi connectivity index (χ2v) is 3.38. The number of rotatable bonds is 8. The number of carbonyl (C=O) groups is 1. The highest BCUT2D eigenvalue weighted by molar-refractivity contribution is 5.86. The van der Waals surface area contributed by atoms with Crippen molar-refractivity contribution in [1.82, 2.24) is 0 Å². The van der Waals surface area contributed by atoms with Gasteiger partial charge in [0.2, 0.25) is 0 Å². The zero-order valence-electron chi connectivity index (χ0n) is 8.96. The number of hydrogen-bond acceptors (Lipinski definition) is 1. The Morgan fingerprint density at radius 3 is 2.57 bits per heavy atom. The molecule has 0 rings (SSSR count). The maximum atomic E-state index is 10.7. The molecule has 0 aromatic rings. The Balaban J connectivity index is 3.79. The highest BCUT2D eigenvalue weighted by Crippen LogP contribution is 2.08. The Kier molecular flexibility index (Phi) is 7.90. The van der Waals surface area contributed by atoms with E-state index in [1.165, 1.54) is 19.3 Å². The molecule has 0 atom stereocenters. The summed E-state index contributed by atoms with van der Waals surface area (Å²) in [5.74, 6) is -0.819. The van der Waals surface area contributed by atoms with E-state index in [0.717, 1.165) is 12.8 Å². The Morgan fingerprint density at radius 2 is 2.07 bits per heavy atom. The van der Waals surface area contributed by atoms with Gasteiger partial charge in [0.1, 0.15) is 0 Å². The summed E-state index contributed by atoms with van der Waals surface area (Å²) in [5.41, 5.74) is 0.469. The largest absolute Gasteiger partial charge is 0.478 e. The minimum atomic E-state index is -0.819. The molecule has 0 aliphatic carbocycles. The lowest BCUT2D eigenvalue weighted by atomic mass is 10.1. The van der Waals surface area contributed by atoms with E-state index in [0.29, 0.717) is 12.0 Å². The number of carboxylic acid groups (broad SMARTS) is 1. The zero-order valence-corrected chi connectivity index (χ0v) is 8.96. The summed E-state index contributed by atoms with van der Waals surface area (Å²) in [7, 11) is 0. The summed E-state index contributed by atoms with van der Waals surface area (Å²) in [6.45, 7) is 5.70. The van der Waals surface area contributed by atoms with Crippen LogP contribution in [-0.4, -0.2) is 11.1 Å². The lowest BCUT2D eigenvalue weighted by molar-refractivity contribution is -0.132. The van der Waals surface area contributed by atoms with Crippen molar-refractivity contribution in [2.24, 2.45) is 0 Å². The number of carboxylic acids is 1. The second-order valence-electron chi connectivity index (χ2n) is 3.38. The molecule has 1 N–H and O–H groups in total. The van der Waals surface area contributed by atoms with Crippen molar-refractivity contribution in [2.45, 2.75) is 45.4 Å². The second kappa shape index (κ2) is 8.54. The molecule has 0 heterocycles. The maximum Gasteiger partial charge on any atom is 0.331 e. The van der Waals surface area contributed by atoms with Crippen LogP contribution in [0.15, 0.2) is 24.3 Å². The summed E-state index contributed by atoms with van der Waals surface area (Å²) in [5, 5.41) is 8.79. The van der Waals surface area contributed by atoms with Gasteiger partial charge in [-0.05, 0) is 19.3 Å². The van der Waals surface area contributed by atoms with E-state index in [2.05, 4.69) is 13.5 Å². The lowest BCUT2D eigenvalue weighted by Crippen LogP contribution is -1.99. The average Bonchev–Trinajstić information content (AvgIpc) is 2.15. The molecule has 0 amide bonds. The Hall–Kier alpha value is -1.05. The molecule has 14 heavy (non-hydrogen) atoms. The van der Waals surface area contributed by atoms with Gasteiger partial charge in [-0.1, -0.05) is 38.3 Å². The molecular formula is C12H20O2. The zero-order chi connectivity index (χ0) is 10.8.